The normalized spacial score (nSPS) is 15.3. The molecule has 1 aliphatic rings. The zero-order valence-corrected chi connectivity index (χ0v) is 15.8. The van der Waals surface area contributed by atoms with Crippen molar-refractivity contribution in [2.24, 2.45) is 11.0 Å². The molecule has 0 atom stereocenters. The van der Waals surface area contributed by atoms with Gasteiger partial charge in [0.2, 0.25) is 0 Å². The molecule has 26 heavy (non-hydrogen) atoms. The van der Waals surface area contributed by atoms with Gasteiger partial charge in [-0.2, -0.15) is 5.10 Å². The lowest BCUT2D eigenvalue weighted by Gasteiger charge is -2.33. The summed E-state index contributed by atoms with van der Waals surface area (Å²) < 4.78 is 0. The number of hydrogen-bond acceptors (Lipinski definition) is 5. The van der Waals surface area contributed by atoms with Crippen molar-refractivity contribution in [2.45, 2.75) is 19.3 Å². The molecule has 2 heterocycles. The predicted molar refractivity (Wildman–Crippen MR) is 109 cm³/mol. The maximum Gasteiger partial charge on any atom is 0.324 e. The highest BCUT2D eigenvalue weighted by Gasteiger charge is 2.21. The summed E-state index contributed by atoms with van der Waals surface area (Å²) in [5.41, 5.74) is 4.26. The quantitative estimate of drug-likeness (QED) is 0.365. The number of piperidine rings is 1. The molecule has 0 aliphatic carbocycles. The van der Waals surface area contributed by atoms with E-state index in [1.54, 1.807) is 12.3 Å². The fourth-order valence-corrected chi connectivity index (χ4v) is 3.95. The number of nitrogens with one attached hydrogen (secondary N) is 1. The third kappa shape index (κ3) is 5.09. The third-order valence-electron chi connectivity index (χ3n) is 4.41. The van der Waals surface area contributed by atoms with Crippen molar-refractivity contribution in [3.63, 3.8) is 0 Å². The highest BCUT2D eigenvalue weighted by molar-refractivity contribution is 7.80. The van der Waals surface area contributed by atoms with Gasteiger partial charge in [0.1, 0.15) is 0 Å². The topological polar surface area (TPSA) is 70.8 Å². The molecule has 0 bridgehead atoms. The second-order valence-electron chi connectivity index (χ2n) is 6.23. The van der Waals surface area contributed by atoms with Crippen LogP contribution in [0.5, 0.6) is 0 Å². The SMILES string of the molecule is O=[N+]([O-])c1ccc(/C=N/NC(=S)N2CCC(Cc3ccccc3)CC2)s1. The van der Waals surface area contributed by atoms with Crippen LogP contribution in [0.4, 0.5) is 5.00 Å². The van der Waals surface area contributed by atoms with E-state index < -0.39 is 4.92 Å². The average Bonchev–Trinajstić information content (AvgIpc) is 3.12. The minimum Gasteiger partial charge on any atom is -0.348 e. The van der Waals surface area contributed by atoms with E-state index in [9.17, 15) is 10.1 Å². The molecular formula is C18H20N4O2S2. The average molecular weight is 389 g/mol. The molecule has 0 saturated carbocycles. The number of thiocarbonyl (C=S) groups is 1. The van der Waals surface area contributed by atoms with E-state index >= 15 is 0 Å². The van der Waals surface area contributed by atoms with Crippen molar-refractivity contribution < 1.29 is 4.92 Å². The summed E-state index contributed by atoms with van der Waals surface area (Å²) in [6.45, 7) is 1.84. The minimum absolute atomic E-state index is 0.106. The number of benzene rings is 1. The van der Waals surface area contributed by atoms with Gasteiger partial charge < -0.3 is 4.90 Å². The molecule has 0 amide bonds. The van der Waals surface area contributed by atoms with Gasteiger partial charge in [-0.3, -0.25) is 15.5 Å². The van der Waals surface area contributed by atoms with Crippen LogP contribution in [-0.2, 0) is 6.42 Å². The van der Waals surface area contributed by atoms with Gasteiger partial charge >= 0.3 is 5.00 Å². The second-order valence-corrected chi connectivity index (χ2v) is 7.71. The molecule has 1 aromatic carbocycles. The monoisotopic (exact) mass is 388 g/mol. The summed E-state index contributed by atoms with van der Waals surface area (Å²) in [6.07, 6.45) is 4.89. The van der Waals surface area contributed by atoms with Crippen LogP contribution in [0, 0.1) is 16.0 Å². The molecular weight excluding hydrogens is 368 g/mol. The van der Waals surface area contributed by atoms with E-state index in [4.69, 9.17) is 12.2 Å². The number of rotatable bonds is 5. The second kappa shape index (κ2) is 8.86. The van der Waals surface area contributed by atoms with Crippen LogP contribution in [0.15, 0.2) is 47.6 Å². The van der Waals surface area contributed by atoms with Gasteiger partial charge in [0.25, 0.3) is 0 Å². The fourth-order valence-electron chi connectivity index (χ4n) is 3.02. The molecule has 2 aromatic rings. The molecule has 1 aromatic heterocycles. The van der Waals surface area contributed by atoms with Crippen molar-refractivity contribution in [3.05, 3.63) is 63.0 Å². The number of likely N-dealkylation sites (tertiary alicyclic amines) is 1. The Morgan fingerprint density at radius 3 is 2.69 bits per heavy atom. The van der Waals surface area contributed by atoms with Crippen molar-refractivity contribution >= 4 is 39.9 Å². The van der Waals surface area contributed by atoms with Gasteiger partial charge in [-0.15, -0.1) is 0 Å². The van der Waals surface area contributed by atoms with Gasteiger partial charge in [-0.05, 0) is 49.0 Å². The third-order valence-corrected chi connectivity index (χ3v) is 5.73. The lowest BCUT2D eigenvalue weighted by molar-refractivity contribution is -0.380. The Labute approximate surface area is 161 Å². The lowest BCUT2D eigenvalue weighted by Crippen LogP contribution is -2.43. The smallest absolute Gasteiger partial charge is 0.324 e. The first kappa shape index (κ1) is 18.5. The standard InChI is InChI=1S/C18H20N4O2S2/c23-22(24)17-7-6-16(26-17)13-19-20-18(25)21-10-8-15(9-11-21)12-14-4-2-1-3-5-14/h1-7,13,15H,8-12H2,(H,20,25)/b19-13+. The zero-order valence-electron chi connectivity index (χ0n) is 14.2. The van der Waals surface area contributed by atoms with Gasteiger partial charge in [0.05, 0.1) is 16.0 Å². The maximum atomic E-state index is 10.7. The molecule has 6 nitrogen and oxygen atoms in total. The predicted octanol–water partition coefficient (Wildman–Crippen LogP) is 3.82. The van der Waals surface area contributed by atoms with E-state index in [1.807, 2.05) is 6.07 Å². The summed E-state index contributed by atoms with van der Waals surface area (Å²) in [5.74, 6) is 0.687. The number of thiophene rings is 1. The van der Waals surface area contributed by atoms with Crippen molar-refractivity contribution in [2.75, 3.05) is 13.1 Å². The molecule has 8 heteroatoms. The van der Waals surface area contributed by atoms with Crippen LogP contribution < -0.4 is 5.43 Å². The molecule has 1 fully saturated rings. The number of hydrazone groups is 1. The molecule has 3 rings (SSSR count). The lowest BCUT2D eigenvalue weighted by atomic mass is 9.90. The number of hydrogen-bond donors (Lipinski definition) is 1. The van der Waals surface area contributed by atoms with E-state index in [2.05, 4.69) is 39.7 Å². The first-order chi connectivity index (χ1) is 12.6. The Hall–Kier alpha value is -2.32. The molecule has 1 saturated heterocycles. The van der Waals surface area contributed by atoms with E-state index in [0.717, 1.165) is 43.7 Å². The van der Waals surface area contributed by atoms with E-state index in [0.29, 0.717) is 15.9 Å². The molecule has 136 valence electrons. The summed E-state index contributed by atoms with van der Waals surface area (Å²) in [7, 11) is 0. The Morgan fingerprint density at radius 2 is 2.04 bits per heavy atom. The van der Waals surface area contributed by atoms with E-state index in [1.165, 1.54) is 11.6 Å². The van der Waals surface area contributed by atoms with Crippen LogP contribution in [0.1, 0.15) is 23.3 Å². The van der Waals surface area contributed by atoms with Gasteiger partial charge in [-0.25, -0.2) is 0 Å². The fraction of sp³-hybridized carbons (Fsp3) is 0.333. The summed E-state index contributed by atoms with van der Waals surface area (Å²) in [5, 5.41) is 15.5. The Bertz CT molecular complexity index is 783. The highest BCUT2D eigenvalue weighted by atomic mass is 32.1. The first-order valence-corrected chi connectivity index (χ1v) is 9.70. The Kier molecular flexibility index (Phi) is 6.30. The van der Waals surface area contributed by atoms with Gasteiger partial charge in [-0.1, -0.05) is 41.7 Å². The van der Waals surface area contributed by atoms with Crippen molar-refractivity contribution in [1.29, 1.82) is 0 Å². The van der Waals surface area contributed by atoms with Crippen LogP contribution in [0.25, 0.3) is 0 Å². The van der Waals surface area contributed by atoms with Crippen molar-refractivity contribution in [1.82, 2.24) is 10.3 Å². The highest BCUT2D eigenvalue weighted by Crippen LogP contribution is 2.23. The largest absolute Gasteiger partial charge is 0.348 e. The minimum atomic E-state index is -0.403. The van der Waals surface area contributed by atoms with Gasteiger partial charge in [0.15, 0.2) is 5.11 Å². The van der Waals surface area contributed by atoms with Gasteiger partial charge in [0, 0.05) is 19.2 Å². The maximum absolute atomic E-state index is 10.7. The van der Waals surface area contributed by atoms with Crippen LogP contribution in [0.2, 0.25) is 0 Å². The van der Waals surface area contributed by atoms with Crippen molar-refractivity contribution in [3.8, 4) is 0 Å². The van der Waals surface area contributed by atoms with Crippen LogP contribution in [-0.4, -0.2) is 34.2 Å². The number of nitrogens with zero attached hydrogens (tertiary/aromatic N) is 3. The summed E-state index contributed by atoms with van der Waals surface area (Å²) >= 11 is 6.48. The summed E-state index contributed by atoms with van der Waals surface area (Å²) in [6, 6.07) is 13.7. The summed E-state index contributed by atoms with van der Waals surface area (Å²) in [4.78, 5) is 13.1. The first-order valence-electron chi connectivity index (χ1n) is 8.48. The van der Waals surface area contributed by atoms with Crippen LogP contribution >= 0.6 is 23.6 Å². The molecule has 0 spiro atoms. The Morgan fingerprint density at radius 1 is 1.31 bits per heavy atom. The molecule has 1 N–H and O–H groups in total. The molecule has 1 aliphatic heterocycles. The molecule has 0 unspecified atom stereocenters. The molecule has 0 radical (unpaired) electrons. The van der Waals surface area contributed by atoms with E-state index in [-0.39, 0.29) is 5.00 Å². The Balaban J connectivity index is 1.43. The zero-order chi connectivity index (χ0) is 18.4. The number of nitro groups is 1. The van der Waals surface area contributed by atoms with Crippen LogP contribution in [0.3, 0.4) is 0 Å².